The summed E-state index contributed by atoms with van der Waals surface area (Å²) in [5.74, 6) is -0.413. The van der Waals surface area contributed by atoms with E-state index >= 15 is 0 Å². The highest BCUT2D eigenvalue weighted by atomic mass is 16.6. The van der Waals surface area contributed by atoms with Crippen molar-refractivity contribution >= 4 is 11.9 Å². The lowest BCUT2D eigenvalue weighted by Crippen LogP contribution is -2.52. The number of hydrogen-bond donors (Lipinski definition) is 1. The van der Waals surface area contributed by atoms with Crippen LogP contribution in [0.5, 0.6) is 0 Å². The zero-order valence-electron chi connectivity index (χ0n) is 9.64. The summed E-state index contributed by atoms with van der Waals surface area (Å²) in [6.45, 7) is 5.79. The molecule has 0 radical (unpaired) electrons. The average Bonchev–Trinajstić information content (AvgIpc) is 2.47. The van der Waals surface area contributed by atoms with Crippen LogP contribution in [0.15, 0.2) is 0 Å². The standard InChI is InChI=1S/C11H17NO3/c1-9(2)10(3)5-6-11(9,7(13)12-4)15-8(10)14/h5-6H2,1-4H3,(H,12,13). The molecule has 2 bridgehead atoms. The van der Waals surface area contributed by atoms with E-state index in [1.54, 1.807) is 7.05 Å². The Balaban J connectivity index is 2.54. The normalized spacial score (nSPS) is 41.5. The molecule has 15 heavy (non-hydrogen) atoms. The Kier molecular flexibility index (Phi) is 1.77. The minimum atomic E-state index is -0.951. The van der Waals surface area contributed by atoms with Gasteiger partial charge in [-0.15, -0.1) is 0 Å². The number of rotatable bonds is 1. The van der Waals surface area contributed by atoms with Gasteiger partial charge in [-0.05, 0) is 19.8 Å². The third-order valence-electron chi connectivity index (χ3n) is 4.68. The highest BCUT2D eigenvalue weighted by molar-refractivity contribution is 5.96. The van der Waals surface area contributed by atoms with Crippen molar-refractivity contribution in [2.45, 2.75) is 39.2 Å². The first kappa shape index (κ1) is 10.5. The maximum Gasteiger partial charge on any atom is 0.313 e. The van der Waals surface area contributed by atoms with Crippen molar-refractivity contribution in [2.24, 2.45) is 10.8 Å². The van der Waals surface area contributed by atoms with E-state index in [0.717, 1.165) is 6.42 Å². The molecule has 0 aromatic rings. The second-order valence-electron chi connectivity index (χ2n) is 5.25. The van der Waals surface area contributed by atoms with Crippen LogP contribution in [0.1, 0.15) is 33.6 Å². The molecule has 2 aliphatic rings. The molecule has 0 aromatic heterocycles. The summed E-state index contributed by atoms with van der Waals surface area (Å²) < 4.78 is 5.37. The van der Waals surface area contributed by atoms with Crippen LogP contribution in [0.3, 0.4) is 0 Å². The molecule has 2 atom stereocenters. The average molecular weight is 211 g/mol. The van der Waals surface area contributed by atoms with Gasteiger partial charge in [0.15, 0.2) is 5.60 Å². The van der Waals surface area contributed by atoms with Crippen molar-refractivity contribution in [2.75, 3.05) is 7.05 Å². The van der Waals surface area contributed by atoms with Gasteiger partial charge in [0.2, 0.25) is 0 Å². The summed E-state index contributed by atoms with van der Waals surface area (Å²) in [6, 6.07) is 0. The summed E-state index contributed by atoms with van der Waals surface area (Å²) >= 11 is 0. The Morgan fingerprint density at radius 1 is 1.33 bits per heavy atom. The summed E-state index contributed by atoms with van der Waals surface area (Å²) in [7, 11) is 1.58. The molecule has 1 aliphatic carbocycles. The van der Waals surface area contributed by atoms with Gasteiger partial charge < -0.3 is 10.1 Å². The second-order valence-corrected chi connectivity index (χ2v) is 5.25. The van der Waals surface area contributed by atoms with Crippen molar-refractivity contribution in [3.05, 3.63) is 0 Å². The Morgan fingerprint density at radius 3 is 2.27 bits per heavy atom. The number of esters is 1. The molecule has 1 aliphatic heterocycles. The van der Waals surface area contributed by atoms with E-state index in [9.17, 15) is 9.59 Å². The molecule has 0 aromatic carbocycles. The fourth-order valence-electron chi connectivity index (χ4n) is 2.95. The Morgan fingerprint density at radius 2 is 1.93 bits per heavy atom. The van der Waals surface area contributed by atoms with Gasteiger partial charge in [0.1, 0.15) is 0 Å². The third kappa shape index (κ3) is 0.840. The van der Waals surface area contributed by atoms with Crippen molar-refractivity contribution in [1.29, 1.82) is 0 Å². The fraction of sp³-hybridized carbons (Fsp3) is 0.818. The molecule has 2 fully saturated rings. The van der Waals surface area contributed by atoms with Crippen molar-refractivity contribution in [3.63, 3.8) is 0 Å². The number of amides is 1. The lowest BCUT2D eigenvalue weighted by molar-refractivity contribution is -0.168. The second kappa shape index (κ2) is 2.54. The molecule has 1 heterocycles. The molecule has 4 nitrogen and oxygen atoms in total. The Hall–Kier alpha value is -1.06. The van der Waals surface area contributed by atoms with Gasteiger partial charge in [-0.3, -0.25) is 9.59 Å². The maximum absolute atomic E-state index is 11.9. The van der Waals surface area contributed by atoms with Crippen LogP contribution in [-0.4, -0.2) is 24.5 Å². The van der Waals surface area contributed by atoms with E-state index in [1.165, 1.54) is 0 Å². The van der Waals surface area contributed by atoms with Gasteiger partial charge >= 0.3 is 5.97 Å². The van der Waals surface area contributed by atoms with E-state index in [2.05, 4.69) is 5.32 Å². The van der Waals surface area contributed by atoms with E-state index in [0.29, 0.717) is 6.42 Å². The largest absolute Gasteiger partial charge is 0.448 e. The molecule has 1 N–H and O–H groups in total. The first-order valence-corrected chi connectivity index (χ1v) is 5.27. The first-order chi connectivity index (χ1) is 6.82. The van der Waals surface area contributed by atoms with Gasteiger partial charge in [0.05, 0.1) is 5.41 Å². The monoisotopic (exact) mass is 211 g/mol. The smallest absolute Gasteiger partial charge is 0.313 e. The molecule has 1 saturated carbocycles. The van der Waals surface area contributed by atoms with E-state index in [1.807, 2.05) is 20.8 Å². The van der Waals surface area contributed by atoms with Gasteiger partial charge in [-0.25, -0.2) is 0 Å². The number of likely N-dealkylation sites (N-methyl/N-ethyl adjacent to an activating group) is 1. The predicted octanol–water partition coefficient (Wildman–Crippen LogP) is 0.854. The topological polar surface area (TPSA) is 55.4 Å². The molecule has 2 rings (SSSR count). The van der Waals surface area contributed by atoms with E-state index in [-0.39, 0.29) is 11.9 Å². The summed E-state index contributed by atoms with van der Waals surface area (Å²) in [5.41, 5.74) is -1.90. The number of ether oxygens (including phenoxy) is 1. The molecule has 4 heteroatoms. The van der Waals surface area contributed by atoms with E-state index in [4.69, 9.17) is 4.74 Å². The molecule has 1 amide bonds. The number of fused-ring (bicyclic) bond motifs is 2. The van der Waals surface area contributed by atoms with Crippen molar-refractivity contribution in [1.82, 2.24) is 5.32 Å². The van der Waals surface area contributed by atoms with Crippen LogP contribution < -0.4 is 5.32 Å². The van der Waals surface area contributed by atoms with Crippen molar-refractivity contribution in [3.8, 4) is 0 Å². The van der Waals surface area contributed by atoms with Crippen LogP contribution in [0.25, 0.3) is 0 Å². The fourth-order valence-corrected chi connectivity index (χ4v) is 2.95. The molecular weight excluding hydrogens is 194 g/mol. The highest BCUT2D eigenvalue weighted by Gasteiger charge is 2.75. The zero-order valence-corrected chi connectivity index (χ0v) is 9.64. The molecule has 1 saturated heterocycles. The van der Waals surface area contributed by atoms with Crippen LogP contribution in [0, 0.1) is 10.8 Å². The first-order valence-electron chi connectivity index (χ1n) is 5.27. The lowest BCUT2D eigenvalue weighted by atomic mass is 9.66. The van der Waals surface area contributed by atoms with Crippen molar-refractivity contribution < 1.29 is 14.3 Å². The lowest BCUT2D eigenvalue weighted by Gasteiger charge is -2.34. The third-order valence-corrected chi connectivity index (χ3v) is 4.68. The predicted molar refractivity (Wildman–Crippen MR) is 54.0 cm³/mol. The van der Waals surface area contributed by atoms with E-state index < -0.39 is 16.4 Å². The molecule has 2 unspecified atom stereocenters. The van der Waals surface area contributed by atoms with Gasteiger partial charge in [-0.1, -0.05) is 13.8 Å². The molecule has 0 spiro atoms. The quantitative estimate of drug-likeness (QED) is 0.654. The maximum atomic E-state index is 11.9. The summed E-state index contributed by atoms with van der Waals surface area (Å²) in [4.78, 5) is 23.7. The number of nitrogens with one attached hydrogen (secondary N) is 1. The van der Waals surface area contributed by atoms with Crippen LogP contribution >= 0.6 is 0 Å². The van der Waals surface area contributed by atoms with Crippen LogP contribution in [0.2, 0.25) is 0 Å². The summed E-state index contributed by atoms with van der Waals surface area (Å²) in [5, 5.41) is 2.60. The minimum absolute atomic E-state index is 0.179. The van der Waals surface area contributed by atoms with Crippen LogP contribution in [0.4, 0.5) is 0 Å². The number of carbonyl (C=O) groups excluding carboxylic acids is 2. The molecular formula is C11H17NO3. The Bertz CT molecular complexity index is 350. The Labute approximate surface area is 89.4 Å². The molecule has 84 valence electrons. The minimum Gasteiger partial charge on any atom is -0.448 e. The number of hydrogen-bond acceptors (Lipinski definition) is 3. The SMILES string of the molecule is CNC(=O)C12CCC(C)(C(=O)O1)C2(C)C. The zero-order chi connectivity index (χ0) is 11.5. The summed E-state index contributed by atoms with van der Waals surface area (Å²) in [6.07, 6.45) is 1.36. The van der Waals surface area contributed by atoms with Gasteiger partial charge in [0.25, 0.3) is 5.91 Å². The highest BCUT2D eigenvalue weighted by Crippen LogP contribution is 2.65. The van der Waals surface area contributed by atoms with Gasteiger partial charge in [-0.2, -0.15) is 0 Å². The van der Waals surface area contributed by atoms with Crippen LogP contribution in [-0.2, 0) is 14.3 Å². The number of carbonyl (C=O) groups is 2. The van der Waals surface area contributed by atoms with Gasteiger partial charge in [0, 0.05) is 12.5 Å².